The summed E-state index contributed by atoms with van der Waals surface area (Å²) >= 11 is 0. The molecule has 0 saturated carbocycles. The maximum absolute atomic E-state index is 12.9. The van der Waals surface area contributed by atoms with Crippen molar-refractivity contribution >= 4 is 17.9 Å². The third-order valence-corrected chi connectivity index (χ3v) is 13.0. The molecule has 9 nitrogen and oxygen atoms in total. The Morgan fingerprint density at radius 3 is 1.12 bits per heavy atom. The van der Waals surface area contributed by atoms with E-state index in [2.05, 4.69) is 74.6 Å². The summed E-state index contributed by atoms with van der Waals surface area (Å²) in [5.74, 6) is -2.29. The number of carbonyl (C=O) groups excluding carboxylic acids is 3. The summed E-state index contributed by atoms with van der Waals surface area (Å²) < 4.78 is 22.7. The van der Waals surface area contributed by atoms with Gasteiger partial charge in [-0.3, -0.25) is 9.59 Å². The molecule has 0 N–H and O–H groups in total. The number of hydrogen-bond donors (Lipinski definition) is 0. The Kier molecular flexibility index (Phi) is 52.0. The van der Waals surface area contributed by atoms with Gasteiger partial charge in [0.1, 0.15) is 13.2 Å². The highest BCUT2D eigenvalue weighted by Gasteiger charge is 2.22. The molecule has 0 fully saturated rings. The molecule has 2 atom stereocenters. The summed E-state index contributed by atoms with van der Waals surface area (Å²) in [6, 6.07) is 0. The van der Waals surface area contributed by atoms with Crippen LogP contribution in [0, 0.1) is 0 Å². The fourth-order valence-electron chi connectivity index (χ4n) is 8.34. The fraction of sp³-hybridized carbons (Fsp3) is 0.794. The van der Waals surface area contributed by atoms with Crippen LogP contribution >= 0.6 is 0 Å². The van der Waals surface area contributed by atoms with Gasteiger partial charge in [0.25, 0.3) is 0 Å². The van der Waals surface area contributed by atoms with Crippen molar-refractivity contribution in [3.8, 4) is 0 Å². The summed E-state index contributed by atoms with van der Waals surface area (Å²) in [7, 11) is 5.92. The molecule has 0 radical (unpaired) electrons. The highest BCUT2D eigenvalue weighted by molar-refractivity contribution is 5.70. The second-order valence-corrected chi connectivity index (χ2v) is 21.3. The molecule has 0 aromatic carbocycles. The predicted octanol–water partition coefficient (Wildman–Crippen LogP) is 16.3. The van der Waals surface area contributed by atoms with Crippen molar-refractivity contribution in [2.45, 2.75) is 277 Å². The highest BCUT2D eigenvalue weighted by Crippen LogP contribution is 2.16. The largest absolute Gasteiger partial charge is 0.545 e. The average Bonchev–Trinajstić information content (AvgIpc) is 3.35. The van der Waals surface area contributed by atoms with Gasteiger partial charge in [-0.25, -0.2) is 0 Å². The van der Waals surface area contributed by atoms with Gasteiger partial charge in [-0.15, -0.1) is 0 Å². The van der Waals surface area contributed by atoms with E-state index < -0.39 is 24.3 Å². The van der Waals surface area contributed by atoms with Gasteiger partial charge in [-0.05, 0) is 83.5 Å². The van der Waals surface area contributed by atoms with Crippen molar-refractivity contribution < 1.29 is 42.9 Å². The van der Waals surface area contributed by atoms with E-state index in [1.807, 2.05) is 21.1 Å². The molecule has 0 aliphatic heterocycles. The van der Waals surface area contributed by atoms with Gasteiger partial charge in [-0.1, -0.05) is 229 Å². The van der Waals surface area contributed by atoms with Crippen LogP contribution < -0.4 is 5.11 Å². The maximum Gasteiger partial charge on any atom is 0.306 e. The quantitative estimate of drug-likeness (QED) is 0.0195. The van der Waals surface area contributed by atoms with Crippen molar-refractivity contribution in [3.63, 3.8) is 0 Å². The molecule has 0 aromatic rings. The maximum atomic E-state index is 12.9. The molecule has 72 heavy (non-hydrogen) atoms. The van der Waals surface area contributed by atoms with Gasteiger partial charge in [0, 0.05) is 12.8 Å². The third-order valence-electron chi connectivity index (χ3n) is 13.0. The minimum atomic E-state index is -1.63. The molecule has 0 saturated heterocycles. The number of carbonyl (C=O) groups is 3. The van der Waals surface area contributed by atoms with E-state index in [9.17, 15) is 19.5 Å². The number of aliphatic carboxylic acids is 1. The van der Waals surface area contributed by atoms with Crippen LogP contribution in [0.5, 0.6) is 0 Å². The van der Waals surface area contributed by atoms with Crippen molar-refractivity contribution in [3.05, 3.63) is 60.8 Å². The van der Waals surface area contributed by atoms with Crippen LogP contribution in [-0.2, 0) is 33.3 Å². The topological polar surface area (TPSA) is 111 Å². The van der Waals surface area contributed by atoms with Crippen LogP contribution in [-0.4, -0.2) is 82.3 Å². The normalized spacial score (nSPS) is 13.2. The van der Waals surface area contributed by atoms with Gasteiger partial charge in [0.2, 0.25) is 0 Å². The van der Waals surface area contributed by atoms with Crippen molar-refractivity contribution in [1.29, 1.82) is 0 Å². The molecule has 0 rings (SSSR count). The number of esters is 2. The molecule has 0 heterocycles. The molecule has 0 aromatic heterocycles. The molecule has 0 spiro atoms. The molecule has 0 bridgehead atoms. The number of ether oxygens (including phenoxy) is 4. The number of rotatable bonds is 55. The smallest absolute Gasteiger partial charge is 0.306 e. The van der Waals surface area contributed by atoms with Gasteiger partial charge < -0.3 is 33.3 Å². The molecular formula is C63H113NO8. The lowest BCUT2D eigenvalue weighted by Crippen LogP contribution is -2.44. The zero-order valence-corrected chi connectivity index (χ0v) is 47.5. The molecule has 418 valence electrons. The first-order valence-electron chi connectivity index (χ1n) is 29.9. The number of carboxylic acid groups (broad SMARTS) is 1. The molecule has 0 amide bonds. The van der Waals surface area contributed by atoms with Crippen LogP contribution in [0.1, 0.15) is 264 Å². The number of carboxylic acids is 1. The van der Waals surface area contributed by atoms with E-state index in [-0.39, 0.29) is 38.6 Å². The zero-order valence-electron chi connectivity index (χ0n) is 47.5. The predicted molar refractivity (Wildman–Crippen MR) is 302 cm³/mol. The van der Waals surface area contributed by atoms with E-state index in [1.54, 1.807) is 0 Å². The van der Waals surface area contributed by atoms with E-state index in [0.29, 0.717) is 17.4 Å². The Hall–Kier alpha value is -3.01. The summed E-state index contributed by atoms with van der Waals surface area (Å²) in [6.45, 7) is 4.72. The van der Waals surface area contributed by atoms with Gasteiger partial charge >= 0.3 is 11.9 Å². The van der Waals surface area contributed by atoms with E-state index in [1.165, 1.54) is 161 Å². The molecular weight excluding hydrogens is 899 g/mol. The Morgan fingerprint density at radius 2 is 0.750 bits per heavy atom. The van der Waals surface area contributed by atoms with Gasteiger partial charge in [0.15, 0.2) is 12.4 Å². The Labute approximate surface area is 444 Å². The minimum absolute atomic E-state index is 0.144. The first-order chi connectivity index (χ1) is 35.1. The monoisotopic (exact) mass is 1010 g/mol. The number of hydrogen-bond acceptors (Lipinski definition) is 8. The van der Waals surface area contributed by atoms with Crippen LogP contribution in [0.15, 0.2) is 60.8 Å². The minimum Gasteiger partial charge on any atom is -0.545 e. The second-order valence-electron chi connectivity index (χ2n) is 21.3. The lowest BCUT2D eigenvalue weighted by molar-refractivity contribution is -0.870. The first-order valence-corrected chi connectivity index (χ1v) is 29.9. The standard InChI is InChI=1S/C63H113NO8/c1-6-8-10-12-14-16-18-20-22-24-25-26-27-28-29-30-31-32-33-34-35-36-37-38-40-42-44-46-48-50-52-54-61(66)72-59(58-71-63(62(67)68)69-56-55-64(3,4)5)57-70-60(65)53-51-49-47-45-43-41-39-23-21-19-17-15-13-11-9-7-2/h17-20,23-25,27-28,39,59,63H,6-16,21-22,26,29-38,40-58H2,1-5H3/b19-17-,20-18-,25-24-,28-27-,39-23-. The lowest BCUT2D eigenvalue weighted by Gasteiger charge is -2.26. The summed E-state index contributed by atoms with van der Waals surface area (Å²) in [6.07, 6.45) is 65.6. The number of allylic oxidation sites excluding steroid dienone is 10. The summed E-state index contributed by atoms with van der Waals surface area (Å²) in [5, 5.41) is 11.8. The summed E-state index contributed by atoms with van der Waals surface area (Å²) in [4.78, 5) is 37.3. The Balaban J connectivity index is 4.16. The summed E-state index contributed by atoms with van der Waals surface area (Å²) in [5.41, 5.74) is 0. The van der Waals surface area contributed by atoms with E-state index in [4.69, 9.17) is 18.9 Å². The highest BCUT2D eigenvalue weighted by atomic mass is 16.7. The second kappa shape index (κ2) is 54.3. The van der Waals surface area contributed by atoms with Crippen LogP contribution in [0.25, 0.3) is 0 Å². The number of quaternary nitrogens is 1. The lowest BCUT2D eigenvalue weighted by atomic mass is 10.0. The van der Waals surface area contributed by atoms with Crippen LogP contribution in [0.4, 0.5) is 0 Å². The number of nitrogens with zero attached hydrogens (tertiary/aromatic N) is 1. The van der Waals surface area contributed by atoms with Crippen molar-refractivity contribution in [1.82, 2.24) is 0 Å². The molecule has 9 heteroatoms. The fourth-order valence-corrected chi connectivity index (χ4v) is 8.34. The van der Waals surface area contributed by atoms with Crippen molar-refractivity contribution in [2.24, 2.45) is 0 Å². The van der Waals surface area contributed by atoms with E-state index >= 15 is 0 Å². The Bertz CT molecular complexity index is 1360. The molecule has 0 aliphatic rings. The van der Waals surface area contributed by atoms with Crippen LogP contribution in [0.3, 0.4) is 0 Å². The SMILES string of the molecule is CCCCCC/C=C\C/C=C\CCCCCCCC(=O)OCC(COC(OCC[N+](C)(C)C)C(=O)[O-])OC(=O)CCCCCCCCCCCCCCCCCC/C=C\C/C=C\C/C=C\CCCCCCC. The van der Waals surface area contributed by atoms with Gasteiger partial charge in [0.05, 0.1) is 40.3 Å². The third kappa shape index (κ3) is 54.8. The Morgan fingerprint density at radius 1 is 0.417 bits per heavy atom. The average molecular weight is 1010 g/mol. The van der Waals surface area contributed by atoms with E-state index in [0.717, 1.165) is 70.6 Å². The van der Waals surface area contributed by atoms with Gasteiger partial charge in [-0.2, -0.15) is 0 Å². The van der Waals surface area contributed by atoms with Crippen molar-refractivity contribution in [2.75, 3.05) is 47.5 Å². The first kappa shape index (κ1) is 69.0. The van der Waals surface area contributed by atoms with Crippen LogP contribution in [0.2, 0.25) is 0 Å². The molecule has 0 aliphatic carbocycles. The molecule has 2 unspecified atom stereocenters. The number of unbranched alkanes of at least 4 members (excludes halogenated alkanes) is 30. The zero-order chi connectivity index (χ0) is 52.7. The number of likely N-dealkylation sites (N-methyl/N-ethyl adjacent to an activating group) is 1.